The second-order valence-corrected chi connectivity index (χ2v) is 11.3. The molecule has 2 aromatic carbocycles. The summed E-state index contributed by atoms with van der Waals surface area (Å²) in [6.07, 6.45) is 5.28. The molecule has 12 nitrogen and oxygen atoms in total. The van der Waals surface area contributed by atoms with E-state index in [4.69, 9.17) is 9.84 Å². The number of fused-ring (bicyclic) bond motifs is 3. The number of nitrogens with one attached hydrogen (secondary N) is 2. The number of carbonyl (C=O) groups is 3. The van der Waals surface area contributed by atoms with Crippen LogP contribution < -0.4 is 25.2 Å². The van der Waals surface area contributed by atoms with Gasteiger partial charge in [0.25, 0.3) is 0 Å². The lowest BCUT2D eigenvalue weighted by Gasteiger charge is -2.28. The first-order chi connectivity index (χ1) is 21.8. The minimum atomic E-state index is -1.12. The molecule has 1 atom stereocenters. The van der Waals surface area contributed by atoms with Gasteiger partial charge in [0.05, 0.1) is 23.8 Å². The van der Waals surface area contributed by atoms with E-state index < -0.39 is 6.09 Å². The molecule has 0 radical (unpaired) electrons. The summed E-state index contributed by atoms with van der Waals surface area (Å²) in [5.74, 6) is 1.50. The van der Waals surface area contributed by atoms with E-state index in [2.05, 4.69) is 20.6 Å². The number of nitrogens with zero attached hydrogens (tertiary/aromatic N) is 5. The maximum atomic E-state index is 13.3. The summed E-state index contributed by atoms with van der Waals surface area (Å²) in [6.45, 7) is 4.20. The van der Waals surface area contributed by atoms with Crippen LogP contribution in [0.4, 0.5) is 38.2 Å². The summed E-state index contributed by atoms with van der Waals surface area (Å²) in [6, 6.07) is 16.6. The number of carbonyl (C=O) groups excluding carboxylic acids is 2. The third-order valence-corrected chi connectivity index (χ3v) is 8.30. The quantitative estimate of drug-likeness (QED) is 0.233. The predicted octanol–water partition coefficient (Wildman–Crippen LogP) is 6.00. The maximum Gasteiger partial charge on any atom is 0.409 e. The van der Waals surface area contributed by atoms with E-state index in [1.165, 1.54) is 0 Å². The Balaban J connectivity index is 1.04. The van der Waals surface area contributed by atoms with Gasteiger partial charge in [-0.3, -0.25) is 20.0 Å². The average Bonchev–Trinajstić information content (AvgIpc) is 3.62. The van der Waals surface area contributed by atoms with Crippen molar-refractivity contribution in [1.82, 2.24) is 14.9 Å². The molecule has 3 aliphatic rings. The molecule has 0 saturated carbocycles. The fourth-order valence-corrected chi connectivity index (χ4v) is 6.07. The molecule has 0 aliphatic carbocycles. The normalized spacial score (nSPS) is 17.2. The molecule has 3 N–H and O–H groups in total. The zero-order valence-corrected chi connectivity index (χ0v) is 24.6. The van der Waals surface area contributed by atoms with Crippen LogP contribution in [0.2, 0.25) is 0 Å². The van der Waals surface area contributed by atoms with E-state index in [0.29, 0.717) is 48.9 Å². The number of carboxylic acid groups (broad SMARTS) is 1. The molecule has 2 aromatic heterocycles. The Morgan fingerprint density at radius 2 is 1.78 bits per heavy atom. The molecule has 0 unspecified atom stereocenters. The summed E-state index contributed by atoms with van der Waals surface area (Å²) in [7, 11) is 0. The molecule has 45 heavy (non-hydrogen) atoms. The van der Waals surface area contributed by atoms with Gasteiger partial charge in [0, 0.05) is 72.9 Å². The molecule has 4 amide bonds. The molecule has 2 fully saturated rings. The topological polar surface area (TPSA) is 140 Å². The van der Waals surface area contributed by atoms with Gasteiger partial charge in [-0.2, -0.15) is 0 Å². The molecule has 3 aliphatic heterocycles. The lowest BCUT2D eigenvalue weighted by atomic mass is 9.94. The van der Waals surface area contributed by atoms with Crippen LogP contribution in [0.3, 0.4) is 0 Å². The van der Waals surface area contributed by atoms with E-state index in [-0.39, 0.29) is 18.0 Å². The maximum absolute atomic E-state index is 13.3. The van der Waals surface area contributed by atoms with Crippen LogP contribution >= 0.6 is 0 Å². The van der Waals surface area contributed by atoms with Crippen LogP contribution in [-0.2, 0) is 11.3 Å². The number of urea groups is 1. The van der Waals surface area contributed by atoms with Crippen molar-refractivity contribution in [3.8, 4) is 16.9 Å². The van der Waals surface area contributed by atoms with Crippen LogP contribution in [0.1, 0.15) is 37.0 Å². The highest BCUT2D eigenvalue weighted by Crippen LogP contribution is 2.44. The summed E-state index contributed by atoms with van der Waals surface area (Å²) in [5.41, 5.74) is 6.50. The van der Waals surface area contributed by atoms with Crippen LogP contribution in [0.25, 0.3) is 11.1 Å². The van der Waals surface area contributed by atoms with Crippen molar-refractivity contribution in [2.75, 3.05) is 40.1 Å². The van der Waals surface area contributed by atoms with E-state index >= 15 is 0 Å². The molecule has 5 heterocycles. The van der Waals surface area contributed by atoms with Crippen LogP contribution in [-0.4, -0.2) is 57.6 Å². The first-order valence-corrected chi connectivity index (χ1v) is 14.8. The van der Waals surface area contributed by atoms with Gasteiger partial charge in [-0.25, -0.2) is 14.6 Å². The monoisotopic (exact) mass is 605 g/mol. The standard InChI is InChI=1S/C33H31N7O5/c1-20-27-15-30(35-18-28(27)26-9-8-24(14-29(26)45-20)39-10-2-3-31(39)41)36-23-13-25(17-34-16-23)40-12-11-38(33(40)44)19-21-4-6-22(7-5-21)37-32(42)43/h4-9,13-18,20,37H,2-3,10-12,19H2,1H3,(H,35,36)(H,42,43)/t20-/m0/s1. The Morgan fingerprint density at radius 1 is 0.933 bits per heavy atom. The number of hydrogen-bond donors (Lipinski definition) is 3. The van der Waals surface area contributed by atoms with Crippen molar-refractivity contribution in [2.45, 2.75) is 32.4 Å². The first kappa shape index (κ1) is 28.1. The van der Waals surface area contributed by atoms with E-state index in [0.717, 1.165) is 46.7 Å². The van der Waals surface area contributed by atoms with Gasteiger partial charge in [0.2, 0.25) is 5.91 Å². The van der Waals surface area contributed by atoms with Crippen molar-refractivity contribution in [3.05, 3.63) is 84.3 Å². The summed E-state index contributed by atoms with van der Waals surface area (Å²) >= 11 is 0. The fraction of sp³-hybridized carbons (Fsp3) is 0.242. The number of rotatable bonds is 7. The van der Waals surface area contributed by atoms with E-state index in [9.17, 15) is 14.4 Å². The number of hydrogen-bond acceptors (Lipinski definition) is 7. The number of anilines is 5. The predicted molar refractivity (Wildman–Crippen MR) is 169 cm³/mol. The van der Waals surface area contributed by atoms with Gasteiger partial charge in [0.1, 0.15) is 17.7 Å². The molecular weight excluding hydrogens is 574 g/mol. The Labute approximate surface area is 259 Å². The van der Waals surface area contributed by atoms with E-state index in [1.54, 1.807) is 46.5 Å². The zero-order chi connectivity index (χ0) is 31.1. The van der Waals surface area contributed by atoms with Gasteiger partial charge in [0.15, 0.2) is 0 Å². The fourth-order valence-electron chi connectivity index (χ4n) is 6.07. The SMILES string of the molecule is C[C@@H]1Oc2cc(N3CCCC3=O)ccc2-c2cnc(Nc3cncc(N4CCN(Cc5ccc(NC(=O)O)cc5)C4=O)c3)cc21. The third kappa shape index (κ3) is 5.57. The van der Waals surface area contributed by atoms with Gasteiger partial charge in [-0.1, -0.05) is 12.1 Å². The van der Waals surface area contributed by atoms with Crippen LogP contribution in [0, 0.1) is 0 Å². The van der Waals surface area contributed by atoms with Crippen molar-refractivity contribution in [3.63, 3.8) is 0 Å². The van der Waals surface area contributed by atoms with Crippen molar-refractivity contribution < 1.29 is 24.2 Å². The van der Waals surface area contributed by atoms with Gasteiger partial charge in [-0.15, -0.1) is 0 Å². The molecule has 0 bridgehead atoms. The number of pyridine rings is 2. The molecule has 2 saturated heterocycles. The average molecular weight is 606 g/mol. The second-order valence-electron chi connectivity index (χ2n) is 11.3. The molecule has 7 rings (SSSR count). The largest absolute Gasteiger partial charge is 0.485 e. The smallest absolute Gasteiger partial charge is 0.409 e. The Morgan fingerprint density at radius 3 is 2.56 bits per heavy atom. The van der Waals surface area contributed by atoms with Gasteiger partial charge in [-0.05, 0) is 55.3 Å². The summed E-state index contributed by atoms with van der Waals surface area (Å²) in [4.78, 5) is 50.6. The highest BCUT2D eigenvalue weighted by molar-refractivity contribution is 5.96. The van der Waals surface area contributed by atoms with Crippen molar-refractivity contribution in [2.24, 2.45) is 0 Å². The van der Waals surface area contributed by atoms with Crippen molar-refractivity contribution >= 4 is 46.6 Å². The van der Waals surface area contributed by atoms with E-state index in [1.807, 2.05) is 48.4 Å². The second kappa shape index (κ2) is 11.5. The summed E-state index contributed by atoms with van der Waals surface area (Å²) < 4.78 is 6.29. The molecule has 228 valence electrons. The number of aromatic nitrogens is 2. The van der Waals surface area contributed by atoms with Gasteiger partial charge < -0.3 is 25.0 Å². The molecule has 12 heteroatoms. The third-order valence-electron chi connectivity index (χ3n) is 8.30. The number of benzene rings is 2. The highest BCUT2D eigenvalue weighted by Gasteiger charge is 2.30. The zero-order valence-electron chi connectivity index (χ0n) is 24.6. The minimum Gasteiger partial charge on any atom is -0.485 e. The molecular formula is C33H31N7O5. The van der Waals surface area contributed by atoms with Crippen LogP contribution in [0.15, 0.2) is 73.2 Å². The first-order valence-electron chi connectivity index (χ1n) is 14.8. The van der Waals surface area contributed by atoms with Crippen LogP contribution in [0.5, 0.6) is 5.75 Å². The van der Waals surface area contributed by atoms with Crippen molar-refractivity contribution in [1.29, 1.82) is 0 Å². The van der Waals surface area contributed by atoms with Gasteiger partial charge >= 0.3 is 12.1 Å². The highest BCUT2D eigenvalue weighted by atomic mass is 16.5. The molecule has 0 spiro atoms. The Kier molecular flexibility index (Phi) is 7.16. The lowest BCUT2D eigenvalue weighted by Crippen LogP contribution is -2.31. The Hall–Kier alpha value is -5.65. The number of ether oxygens (including phenoxy) is 1. The lowest BCUT2D eigenvalue weighted by molar-refractivity contribution is -0.117. The molecule has 4 aromatic rings. The summed E-state index contributed by atoms with van der Waals surface area (Å²) in [5, 5.41) is 14.5. The Bertz CT molecular complexity index is 1810. The minimum absolute atomic E-state index is 0.129. The number of amides is 4.